The molecule has 0 N–H and O–H groups in total. The summed E-state index contributed by atoms with van der Waals surface area (Å²) in [7, 11) is 2.68. The minimum absolute atomic E-state index is 0.328. The maximum absolute atomic E-state index is 12.5. The fraction of sp³-hybridized carbons (Fsp3) is 0.333. The summed E-state index contributed by atoms with van der Waals surface area (Å²) in [5.74, 6) is -0.968. The van der Waals surface area contributed by atoms with Gasteiger partial charge in [-0.25, -0.2) is 9.59 Å². The third-order valence-electron chi connectivity index (χ3n) is 4.91. The van der Waals surface area contributed by atoms with Crippen molar-refractivity contribution in [3.8, 4) is 11.1 Å². The summed E-state index contributed by atoms with van der Waals surface area (Å²) in [4.78, 5) is 25.0. The van der Waals surface area contributed by atoms with E-state index in [1.807, 2.05) is 37.3 Å². The van der Waals surface area contributed by atoms with Crippen LogP contribution < -0.4 is 0 Å². The molecule has 0 aromatic heterocycles. The Kier molecular flexibility index (Phi) is 4.88. The van der Waals surface area contributed by atoms with Crippen LogP contribution in [-0.4, -0.2) is 26.2 Å². The van der Waals surface area contributed by atoms with E-state index in [9.17, 15) is 9.59 Å². The average Bonchev–Trinajstić information content (AvgIpc) is 2.66. The summed E-state index contributed by atoms with van der Waals surface area (Å²) in [5, 5.41) is 0. The molecule has 2 aromatic rings. The molecule has 0 saturated carbocycles. The lowest BCUT2D eigenvalue weighted by Crippen LogP contribution is -2.21. The number of benzene rings is 2. The molecule has 0 atom stereocenters. The number of rotatable bonds is 3. The predicted octanol–water partition coefficient (Wildman–Crippen LogP) is 4.11. The first-order valence-corrected chi connectivity index (χ1v) is 8.50. The Bertz CT molecular complexity index is 822. The molecule has 3 rings (SSSR count). The Labute approximate surface area is 147 Å². The molecule has 4 heteroatoms. The Hall–Kier alpha value is -2.62. The van der Waals surface area contributed by atoms with Gasteiger partial charge in [0.15, 0.2) is 0 Å². The number of carbonyl (C=O) groups excluding carboxylic acids is 2. The van der Waals surface area contributed by atoms with Crippen LogP contribution in [0, 0.1) is 6.92 Å². The summed E-state index contributed by atoms with van der Waals surface area (Å²) in [6.07, 6.45) is 3.73. The van der Waals surface area contributed by atoms with Gasteiger partial charge in [0.05, 0.1) is 25.3 Å². The van der Waals surface area contributed by atoms with Crippen molar-refractivity contribution in [1.82, 2.24) is 0 Å². The Morgan fingerprint density at radius 2 is 1.40 bits per heavy atom. The molecular weight excluding hydrogens is 316 g/mol. The molecule has 0 spiro atoms. The summed E-state index contributed by atoms with van der Waals surface area (Å²) in [6, 6.07) is 10.0. The van der Waals surface area contributed by atoms with E-state index in [0.29, 0.717) is 11.1 Å². The van der Waals surface area contributed by atoms with Gasteiger partial charge < -0.3 is 9.47 Å². The zero-order valence-corrected chi connectivity index (χ0v) is 14.8. The minimum Gasteiger partial charge on any atom is -0.465 e. The molecule has 0 saturated heterocycles. The normalized spacial score (nSPS) is 13.1. The van der Waals surface area contributed by atoms with Crippen LogP contribution in [0.3, 0.4) is 0 Å². The van der Waals surface area contributed by atoms with E-state index in [0.717, 1.165) is 53.5 Å². The van der Waals surface area contributed by atoms with E-state index in [-0.39, 0.29) is 0 Å². The third kappa shape index (κ3) is 2.93. The van der Waals surface area contributed by atoms with Gasteiger partial charge >= 0.3 is 11.9 Å². The number of esters is 2. The maximum Gasteiger partial charge on any atom is 0.339 e. The van der Waals surface area contributed by atoms with Crippen LogP contribution >= 0.6 is 0 Å². The molecule has 0 fully saturated rings. The number of hydrogen-bond donors (Lipinski definition) is 0. The van der Waals surface area contributed by atoms with E-state index < -0.39 is 11.9 Å². The lowest BCUT2D eigenvalue weighted by Gasteiger charge is -2.26. The number of carbonyl (C=O) groups is 2. The van der Waals surface area contributed by atoms with E-state index >= 15 is 0 Å². The van der Waals surface area contributed by atoms with Gasteiger partial charge in [-0.15, -0.1) is 0 Å². The second kappa shape index (κ2) is 7.09. The van der Waals surface area contributed by atoms with Gasteiger partial charge in [0.2, 0.25) is 0 Å². The second-order valence-corrected chi connectivity index (χ2v) is 6.26. The molecule has 1 aliphatic carbocycles. The van der Waals surface area contributed by atoms with Crippen LogP contribution in [0.2, 0.25) is 0 Å². The molecule has 4 nitrogen and oxygen atoms in total. The Balaban J connectivity index is 2.41. The van der Waals surface area contributed by atoms with E-state index in [4.69, 9.17) is 9.47 Å². The molecular formula is C21H22O4. The van der Waals surface area contributed by atoms with Crippen molar-refractivity contribution in [3.63, 3.8) is 0 Å². The number of ether oxygens (including phenoxy) is 2. The van der Waals surface area contributed by atoms with Gasteiger partial charge in [-0.2, -0.15) is 0 Å². The smallest absolute Gasteiger partial charge is 0.339 e. The molecule has 1 aliphatic rings. The topological polar surface area (TPSA) is 52.6 Å². The second-order valence-electron chi connectivity index (χ2n) is 6.26. The molecule has 2 aromatic carbocycles. The highest BCUT2D eigenvalue weighted by molar-refractivity contribution is 6.07. The molecule has 0 bridgehead atoms. The van der Waals surface area contributed by atoms with E-state index in [1.54, 1.807) is 0 Å². The Morgan fingerprint density at radius 3 is 2.00 bits per heavy atom. The molecule has 0 heterocycles. The molecule has 0 aliphatic heterocycles. The quantitative estimate of drug-likeness (QED) is 0.790. The first-order chi connectivity index (χ1) is 12.1. The van der Waals surface area contributed by atoms with Crippen LogP contribution in [-0.2, 0) is 22.3 Å². The first kappa shape index (κ1) is 17.2. The van der Waals surface area contributed by atoms with Crippen LogP contribution in [0.1, 0.15) is 50.2 Å². The molecule has 0 radical (unpaired) electrons. The van der Waals surface area contributed by atoms with Crippen LogP contribution in [0.25, 0.3) is 11.1 Å². The van der Waals surface area contributed by atoms with Crippen LogP contribution in [0.15, 0.2) is 30.3 Å². The van der Waals surface area contributed by atoms with Gasteiger partial charge in [-0.3, -0.25) is 0 Å². The minimum atomic E-state index is -0.497. The van der Waals surface area contributed by atoms with Crippen molar-refractivity contribution in [3.05, 3.63) is 58.1 Å². The summed E-state index contributed by atoms with van der Waals surface area (Å²) in [6.45, 7) is 1.88. The van der Waals surface area contributed by atoms with Gasteiger partial charge in [-0.1, -0.05) is 30.3 Å². The molecule has 0 unspecified atom stereocenters. The highest BCUT2D eigenvalue weighted by Crippen LogP contribution is 2.39. The maximum atomic E-state index is 12.5. The summed E-state index contributed by atoms with van der Waals surface area (Å²) < 4.78 is 9.98. The first-order valence-electron chi connectivity index (χ1n) is 8.50. The lowest BCUT2D eigenvalue weighted by molar-refractivity contribution is 0.0553. The SMILES string of the molecule is COC(=O)c1c(C)c(-c2ccccc2)c2c(c1C(=O)OC)CCCC2. The monoisotopic (exact) mass is 338 g/mol. The third-order valence-corrected chi connectivity index (χ3v) is 4.91. The van der Waals surface area contributed by atoms with Gasteiger partial charge in [0.1, 0.15) is 0 Å². The standard InChI is InChI=1S/C21H22O4/c1-13-17(14-9-5-4-6-10-14)15-11-7-8-12-16(15)19(21(23)25-3)18(13)20(22)24-2/h4-6,9-10H,7-8,11-12H2,1-3H3. The highest BCUT2D eigenvalue weighted by Gasteiger charge is 2.31. The number of fused-ring (bicyclic) bond motifs is 1. The van der Waals surface area contributed by atoms with Crippen molar-refractivity contribution < 1.29 is 19.1 Å². The predicted molar refractivity (Wildman–Crippen MR) is 95.9 cm³/mol. The molecule has 25 heavy (non-hydrogen) atoms. The van der Waals surface area contributed by atoms with Crippen molar-refractivity contribution >= 4 is 11.9 Å². The number of methoxy groups -OCH3 is 2. The van der Waals surface area contributed by atoms with E-state index in [2.05, 4.69) is 0 Å². The summed E-state index contributed by atoms with van der Waals surface area (Å²) in [5.41, 5.74) is 5.67. The average molecular weight is 338 g/mol. The zero-order chi connectivity index (χ0) is 18.0. The van der Waals surface area contributed by atoms with Crippen LogP contribution in [0.4, 0.5) is 0 Å². The fourth-order valence-corrected chi connectivity index (χ4v) is 3.83. The van der Waals surface area contributed by atoms with Gasteiger partial charge in [0.25, 0.3) is 0 Å². The zero-order valence-electron chi connectivity index (χ0n) is 14.8. The van der Waals surface area contributed by atoms with E-state index in [1.165, 1.54) is 14.2 Å². The van der Waals surface area contributed by atoms with Gasteiger partial charge in [0, 0.05) is 0 Å². The number of hydrogen-bond acceptors (Lipinski definition) is 4. The van der Waals surface area contributed by atoms with Crippen LogP contribution in [0.5, 0.6) is 0 Å². The van der Waals surface area contributed by atoms with Crippen molar-refractivity contribution in [2.45, 2.75) is 32.6 Å². The largest absolute Gasteiger partial charge is 0.465 e. The van der Waals surface area contributed by atoms with Crippen molar-refractivity contribution in [1.29, 1.82) is 0 Å². The highest BCUT2D eigenvalue weighted by atomic mass is 16.5. The Morgan fingerprint density at radius 1 is 0.840 bits per heavy atom. The molecule has 130 valence electrons. The van der Waals surface area contributed by atoms with Gasteiger partial charge in [-0.05, 0) is 60.4 Å². The summed E-state index contributed by atoms with van der Waals surface area (Å²) >= 11 is 0. The van der Waals surface area contributed by atoms with Crippen molar-refractivity contribution in [2.75, 3.05) is 14.2 Å². The lowest BCUT2D eigenvalue weighted by atomic mass is 9.78. The van der Waals surface area contributed by atoms with Crippen molar-refractivity contribution in [2.24, 2.45) is 0 Å². The fourth-order valence-electron chi connectivity index (χ4n) is 3.83. The molecule has 0 amide bonds.